The van der Waals surface area contributed by atoms with Gasteiger partial charge < -0.3 is 10.2 Å². The highest BCUT2D eigenvalue weighted by Gasteiger charge is 2.37. The smallest absolute Gasteiger partial charge is 0.247 e. The van der Waals surface area contributed by atoms with Gasteiger partial charge in [-0.15, -0.1) is 0 Å². The predicted molar refractivity (Wildman–Crippen MR) is 66.4 cm³/mol. The Morgan fingerprint density at radius 3 is 1.94 bits per heavy atom. The predicted octanol–water partition coefficient (Wildman–Crippen LogP) is 3.38. The lowest BCUT2D eigenvalue weighted by Crippen LogP contribution is -2.44. The van der Waals surface area contributed by atoms with E-state index in [4.69, 9.17) is 10.2 Å². The van der Waals surface area contributed by atoms with E-state index < -0.39 is 20.3 Å². The first-order chi connectivity index (χ1) is 6.85. The summed E-state index contributed by atoms with van der Waals surface area (Å²) < 4.78 is 31.2. The highest BCUT2D eigenvalue weighted by atomic mass is 28.4. The summed E-state index contributed by atoms with van der Waals surface area (Å²) in [6, 6.07) is -0.589. The van der Waals surface area contributed by atoms with Crippen LogP contribution in [0.25, 0.3) is 0 Å². The molecule has 5 heteroatoms. The molecule has 0 heterocycles. The second-order valence-electron chi connectivity index (χ2n) is 6.11. The minimum Gasteiger partial charge on any atom is -0.415 e. The molecule has 16 heavy (non-hydrogen) atoms. The van der Waals surface area contributed by atoms with Crippen molar-refractivity contribution in [3.8, 4) is 0 Å². The van der Waals surface area contributed by atoms with Crippen LogP contribution >= 0.6 is 0 Å². The van der Waals surface area contributed by atoms with Crippen LogP contribution in [0.4, 0.5) is 8.78 Å². The molecule has 0 rings (SSSR count). The lowest BCUT2D eigenvalue weighted by molar-refractivity contribution is 0.00158. The van der Waals surface area contributed by atoms with Gasteiger partial charge in [0.2, 0.25) is 5.92 Å². The second-order valence-corrected chi connectivity index (χ2v) is 10.9. The van der Waals surface area contributed by atoms with Gasteiger partial charge in [0.15, 0.2) is 8.32 Å². The zero-order chi connectivity index (χ0) is 13.2. The van der Waals surface area contributed by atoms with Crippen molar-refractivity contribution in [2.75, 3.05) is 6.61 Å². The summed E-state index contributed by atoms with van der Waals surface area (Å²) in [5, 5.41) is 0.0848. The van der Waals surface area contributed by atoms with Crippen molar-refractivity contribution in [1.82, 2.24) is 0 Å². The van der Waals surface area contributed by atoms with E-state index in [0.29, 0.717) is 0 Å². The Bertz CT molecular complexity index is 221. The summed E-state index contributed by atoms with van der Waals surface area (Å²) >= 11 is 0. The molecule has 0 fully saturated rings. The summed E-state index contributed by atoms with van der Waals surface area (Å²) in [6.45, 7) is 11.6. The Hall–Kier alpha value is -0.00312. The molecule has 0 aliphatic heterocycles. The van der Waals surface area contributed by atoms with E-state index in [-0.39, 0.29) is 18.1 Å². The van der Waals surface area contributed by atoms with Crippen LogP contribution in [-0.4, -0.2) is 26.9 Å². The van der Waals surface area contributed by atoms with Crippen molar-refractivity contribution in [3.63, 3.8) is 0 Å². The van der Waals surface area contributed by atoms with Gasteiger partial charge in [0.1, 0.15) is 0 Å². The molecule has 2 nitrogen and oxygen atoms in total. The van der Waals surface area contributed by atoms with Crippen LogP contribution < -0.4 is 5.73 Å². The molecule has 0 bridgehead atoms. The maximum Gasteiger partial charge on any atom is 0.247 e. The van der Waals surface area contributed by atoms with Crippen molar-refractivity contribution >= 4 is 8.32 Å². The molecule has 1 atom stereocenters. The number of rotatable bonds is 5. The van der Waals surface area contributed by atoms with Gasteiger partial charge in [-0.1, -0.05) is 20.8 Å². The van der Waals surface area contributed by atoms with E-state index in [2.05, 4.69) is 33.9 Å². The molecule has 0 spiro atoms. The summed E-state index contributed by atoms with van der Waals surface area (Å²) in [4.78, 5) is 0. The molecular weight excluding hydrogens is 228 g/mol. The molecule has 0 radical (unpaired) electrons. The van der Waals surface area contributed by atoms with E-state index in [1.54, 1.807) is 0 Å². The number of hydrogen-bond donors (Lipinski definition) is 1. The number of hydrogen-bond acceptors (Lipinski definition) is 2. The second kappa shape index (κ2) is 5.10. The number of alkyl halides is 2. The van der Waals surface area contributed by atoms with E-state index in [1.807, 2.05) is 0 Å². The van der Waals surface area contributed by atoms with Gasteiger partial charge in [0, 0.05) is 19.1 Å². The summed E-state index contributed by atoms with van der Waals surface area (Å²) in [6.07, 6.45) is -0.318. The van der Waals surface area contributed by atoms with Crippen molar-refractivity contribution in [2.45, 2.75) is 64.2 Å². The summed E-state index contributed by atoms with van der Waals surface area (Å²) in [7, 11) is -1.87. The maximum absolute atomic E-state index is 12.7. The van der Waals surface area contributed by atoms with Crippen molar-refractivity contribution in [1.29, 1.82) is 0 Å². The highest BCUT2D eigenvalue weighted by Crippen LogP contribution is 2.36. The van der Waals surface area contributed by atoms with Crippen molar-refractivity contribution < 1.29 is 13.2 Å². The van der Waals surface area contributed by atoms with Gasteiger partial charge in [-0.25, -0.2) is 8.78 Å². The van der Waals surface area contributed by atoms with E-state index in [9.17, 15) is 8.78 Å². The molecule has 0 aromatic carbocycles. The van der Waals surface area contributed by atoms with Gasteiger partial charge in [0.25, 0.3) is 0 Å². The molecule has 2 N–H and O–H groups in total. The van der Waals surface area contributed by atoms with Crippen LogP contribution in [0.15, 0.2) is 0 Å². The Morgan fingerprint density at radius 2 is 1.62 bits per heavy atom. The molecule has 0 aromatic rings. The van der Waals surface area contributed by atoms with Gasteiger partial charge in [0.05, 0.1) is 0 Å². The Balaban J connectivity index is 4.16. The standard InChI is InChI=1S/C11H25F2NOSi/c1-10(2,3)16(5,6)15-8-9(14)7-11(4,12)13/h9H,7-8,14H2,1-6H3/t9-/m0/s1. The fourth-order valence-electron chi connectivity index (χ4n) is 1.05. The van der Waals surface area contributed by atoms with Gasteiger partial charge in [-0.2, -0.15) is 0 Å². The quantitative estimate of drug-likeness (QED) is 0.762. The third-order valence-corrected chi connectivity index (χ3v) is 7.59. The molecule has 98 valence electrons. The Morgan fingerprint density at radius 1 is 1.19 bits per heavy atom. The minimum absolute atomic E-state index is 0.0848. The highest BCUT2D eigenvalue weighted by molar-refractivity contribution is 6.74. The maximum atomic E-state index is 12.7. The lowest BCUT2D eigenvalue weighted by Gasteiger charge is -2.37. The first kappa shape index (κ1) is 16.0. The van der Waals surface area contributed by atoms with Crippen LogP contribution in [-0.2, 0) is 4.43 Å². The molecule has 0 saturated heterocycles. The van der Waals surface area contributed by atoms with Crippen molar-refractivity contribution in [3.05, 3.63) is 0 Å². The van der Waals surface area contributed by atoms with Crippen molar-refractivity contribution in [2.24, 2.45) is 5.73 Å². The van der Waals surface area contributed by atoms with Crippen LogP contribution in [0.1, 0.15) is 34.1 Å². The zero-order valence-electron chi connectivity index (χ0n) is 11.2. The zero-order valence-corrected chi connectivity index (χ0v) is 12.2. The van der Waals surface area contributed by atoms with E-state index in [0.717, 1.165) is 6.92 Å². The average Bonchev–Trinajstić information content (AvgIpc) is 1.95. The van der Waals surface area contributed by atoms with E-state index >= 15 is 0 Å². The van der Waals surface area contributed by atoms with Gasteiger partial charge in [-0.05, 0) is 25.1 Å². The molecular formula is C11H25F2NOSi. The van der Waals surface area contributed by atoms with E-state index in [1.165, 1.54) is 0 Å². The molecule has 0 saturated carbocycles. The third-order valence-electron chi connectivity index (χ3n) is 3.09. The molecule has 0 aromatic heterocycles. The minimum atomic E-state index is -2.71. The Labute approximate surface area is 98.7 Å². The van der Waals surface area contributed by atoms with Crippen LogP contribution in [0, 0.1) is 0 Å². The first-order valence-corrected chi connectivity index (χ1v) is 8.53. The molecule has 0 amide bonds. The number of nitrogens with two attached hydrogens (primary N) is 1. The fraction of sp³-hybridized carbons (Fsp3) is 1.00. The Kier molecular flexibility index (Phi) is 5.10. The molecule has 0 aliphatic carbocycles. The molecule has 0 unspecified atom stereocenters. The topological polar surface area (TPSA) is 35.2 Å². The summed E-state index contributed by atoms with van der Waals surface area (Å²) in [5.41, 5.74) is 5.63. The summed E-state index contributed by atoms with van der Waals surface area (Å²) in [5.74, 6) is -2.71. The molecule has 0 aliphatic rings. The third kappa shape index (κ3) is 5.91. The normalized spacial score (nSPS) is 16.3. The monoisotopic (exact) mass is 253 g/mol. The average molecular weight is 253 g/mol. The van der Waals surface area contributed by atoms with Crippen LogP contribution in [0.2, 0.25) is 18.1 Å². The first-order valence-electron chi connectivity index (χ1n) is 5.62. The SMILES string of the molecule is CC(F)(F)C[C@H](N)CO[Si](C)(C)C(C)(C)C. The number of halogens is 2. The van der Waals surface area contributed by atoms with Gasteiger partial charge in [-0.3, -0.25) is 0 Å². The van der Waals surface area contributed by atoms with Gasteiger partial charge >= 0.3 is 0 Å². The fourth-order valence-corrected chi connectivity index (χ4v) is 2.11. The van der Waals surface area contributed by atoms with Crippen LogP contribution in [0.3, 0.4) is 0 Å². The van der Waals surface area contributed by atoms with Crippen LogP contribution in [0.5, 0.6) is 0 Å². The lowest BCUT2D eigenvalue weighted by atomic mass is 10.1. The largest absolute Gasteiger partial charge is 0.415 e.